The standard InChI is InChI=1S/C25H34ClIO5/c1-4-5-14-29-17-24(32-27)18-31-23-12-8-20(9-13-23)25(2,3)19-6-10-22(11-7-19)30-16-21(28)15-26/h6-13,21,24,28H,4-5,14-18H2,1-3H3/t21-,24-/m1/s1. The third-order valence-corrected chi connectivity index (χ3v) is 6.36. The average Bonchev–Trinajstić information content (AvgIpc) is 2.82. The van der Waals surface area contributed by atoms with Gasteiger partial charge in [-0.05, 0) is 41.8 Å². The zero-order valence-electron chi connectivity index (χ0n) is 19.1. The SMILES string of the molecule is CCCCOC[C@H](COc1ccc(C(C)(C)c2ccc(OC[C@H](O)CCl)cc2)cc1)OI. The molecule has 2 aromatic rings. The van der Waals surface area contributed by atoms with Crippen LogP contribution in [0.3, 0.4) is 0 Å². The number of aliphatic hydroxyl groups excluding tert-OH is 1. The molecule has 0 heterocycles. The second kappa shape index (κ2) is 14.3. The van der Waals surface area contributed by atoms with Crippen molar-refractivity contribution in [3.63, 3.8) is 0 Å². The van der Waals surface area contributed by atoms with Gasteiger partial charge in [0.25, 0.3) is 0 Å². The van der Waals surface area contributed by atoms with E-state index in [1.807, 2.05) is 59.4 Å². The zero-order chi connectivity index (χ0) is 23.4. The normalized spacial score (nSPS) is 13.6. The summed E-state index contributed by atoms with van der Waals surface area (Å²) in [4.78, 5) is 0. The van der Waals surface area contributed by atoms with E-state index in [0.29, 0.717) is 19.0 Å². The molecular formula is C25H34ClIO5. The summed E-state index contributed by atoms with van der Waals surface area (Å²) < 4.78 is 22.5. The third-order valence-electron chi connectivity index (χ3n) is 5.28. The summed E-state index contributed by atoms with van der Waals surface area (Å²) in [5, 5.41) is 9.53. The molecule has 0 bridgehead atoms. The fourth-order valence-corrected chi connectivity index (χ4v) is 3.47. The number of alkyl halides is 1. The van der Waals surface area contributed by atoms with E-state index < -0.39 is 6.10 Å². The van der Waals surface area contributed by atoms with Crippen LogP contribution in [0, 0.1) is 0 Å². The van der Waals surface area contributed by atoms with Crippen molar-refractivity contribution < 1.29 is 22.4 Å². The van der Waals surface area contributed by atoms with Crippen LogP contribution < -0.4 is 9.47 Å². The summed E-state index contributed by atoms with van der Waals surface area (Å²) in [6, 6.07) is 16.1. The van der Waals surface area contributed by atoms with Gasteiger partial charge in [0.1, 0.15) is 59.9 Å². The van der Waals surface area contributed by atoms with E-state index in [1.54, 1.807) is 0 Å². The van der Waals surface area contributed by atoms with E-state index in [1.165, 1.54) is 11.1 Å². The number of ether oxygens (including phenoxy) is 3. The van der Waals surface area contributed by atoms with Gasteiger partial charge in [0.2, 0.25) is 0 Å². The third kappa shape index (κ3) is 8.71. The van der Waals surface area contributed by atoms with Gasteiger partial charge >= 0.3 is 0 Å². The molecule has 0 saturated carbocycles. The first-order valence-corrected chi connectivity index (χ1v) is 12.4. The maximum atomic E-state index is 9.53. The maximum absolute atomic E-state index is 9.53. The molecule has 0 fully saturated rings. The van der Waals surface area contributed by atoms with Gasteiger partial charge in [-0.15, -0.1) is 11.6 Å². The predicted molar refractivity (Wildman–Crippen MR) is 137 cm³/mol. The molecule has 178 valence electrons. The minimum atomic E-state index is -0.666. The quantitative estimate of drug-likeness (QED) is 0.162. The second-order valence-corrected chi connectivity index (χ2v) is 9.06. The minimum Gasteiger partial charge on any atom is -0.491 e. The summed E-state index contributed by atoms with van der Waals surface area (Å²) in [7, 11) is 0. The number of benzene rings is 2. The Morgan fingerprint density at radius 2 is 1.44 bits per heavy atom. The lowest BCUT2D eigenvalue weighted by molar-refractivity contribution is 0.0451. The fourth-order valence-electron chi connectivity index (χ4n) is 3.09. The van der Waals surface area contributed by atoms with Crippen molar-refractivity contribution in [2.24, 2.45) is 0 Å². The number of aliphatic hydroxyl groups is 1. The van der Waals surface area contributed by atoms with Gasteiger partial charge in [0.15, 0.2) is 0 Å². The first-order valence-electron chi connectivity index (χ1n) is 11.0. The molecule has 0 radical (unpaired) electrons. The van der Waals surface area contributed by atoms with Crippen LogP contribution in [0.4, 0.5) is 0 Å². The Balaban J connectivity index is 1.92. The molecule has 0 aliphatic rings. The Kier molecular flexibility index (Phi) is 12.1. The summed E-state index contributed by atoms with van der Waals surface area (Å²) in [5.74, 6) is 1.67. The Morgan fingerprint density at radius 3 is 1.91 bits per heavy atom. The lowest BCUT2D eigenvalue weighted by Crippen LogP contribution is -2.24. The summed E-state index contributed by atoms with van der Waals surface area (Å²) in [6.07, 6.45) is 1.40. The second-order valence-electron chi connectivity index (χ2n) is 8.24. The van der Waals surface area contributed by atoms with E-state index in [4.69, 9.17) is 28.9 Å². The monoisotopic (exact) mass is 576 g/mol. The highest BCUT2D eigenvalue weighted by atomic mass is 127. The molecule has 2 aromatic carbocycles. The Morgan fingerprint density at radius 1 is 0.906 bits per heavy atom. The molecule has 0 saturated heterocycles. The maximum Gasteiger partial charge on any atom is 0.127 e. The summed E-state index contributed by atoms with van der Waals surface area (Å²) in [6.45, 7) is 8.41. The molecule has 2 atom stereocenters. The lowest BCUT2D eigenvalue weighted by atomic mass is 9.78. The summed E-state index contributed by atoms with van der Waals surface area (Å²) >= 11 is 7.50. The van der Waals surface area contributed by atoms with Crippen LogP contribution in [0.15, 0.2) is 48.5 Å². The molecule has 5 nitrogen and oxygen atoms in total. The van der Waals surface area contributed by atoms with E-state index in [2.05, 4.69) is 32.9 Å². The van der Waals surface area contributed by atoms with Crippen molar-refractivity contribution in [1.82, 2.24) is 0 Å². The Hall–Kier alpha value is -1.06. The first kappa shape index (κ1) is 27.2. The Bertz CT molecular complexity index is 767. The van der Waals surface area contributed by atoms with Gasteiger partial charge < -0.3 is 22.4 Å². The van der Waals surface area contributed by atoms with Gasteiger partial charge in [-0.25, -0.2) is 0 Å². The average molecular weight is 577 g/mol. The number of hydrogen-bond donors (Lipinski definition) is 1. The lowest BCUT2D eigenvalue weighted by Gasteiger charge is -2.26. The minimum absolute atomic E-state index is 0.102. The first-order chi connectivity index (χ1) is 15.4. The molecule has 0 aromatic heterocycles. The topological polar surface area (TPSA) is 57.2 Å². The van der Waals surface area contributed by atoms with E-state index in [0.717, 1.165) is 25.2 Å². The van der Waals surface area contributed by atoms with Crippen LogP contribution in [0.5, 0.6) is 11.5 Å². The number of rotatable bonds is 15. The molecule has 0 aliphatic heterocycles. The van der Waals surface area contributed by atoms with Crippen molar-refractivity contribution >= 4 is 34.6 Å². The molecule has 0 aliphatic carbocycles. The highest BCUT2D eigenvalue weighted by molar-refractivity contribution is 14.1. The summed E-state index contributed by atoms with van der Waals surface area (Å²) in [5.41, 5.74) is 2.16. The molecule has 0 amide bonds. The Labute approximate surface area is 211 Å². The highest BCUT2D eigenvalue weighted by Gasteiger charge is 2.23. The zero-order valence-corrected chi connectivity index (χ0v) is 22.0. The van der Waals surface area contributed by atoms with Crippen LogP contribution in [-0.4, -0.2) is 49.6 Å². The van der Waals surface area contributed by atoms with Gasteiger partial charge in [-0.1, -0.05) is 51.5 Å². The van der Waals surface area contributed by atoms with Gasteiger partial charge in [0.05, 0.1) is 12.5 Å². The van der Waals surface area contributed by atoms with Crippen molar-refractivity contribution in [3.05, 3.63) is 59.7 Å². The van der Waals surface area contributed by atoms with Crippen LogP contribution >= 0.6 is 34.6 Å². The molecule has 0 unspecified atom stereocenters. The number of hydrogen-bond acceptors (Lipinski definition) is 5. The van der Waals surface area contributed by atoms with Crippen LogP contribution in [0.25, 0.3) is 0 Å². The van der Waals surface area contributed by atoms with Crippen LogP contribution in [0.1, 0.15) is 44.7 Å². The van der Waals surface area contributed by atoms with E-state index in [9.17, 15) is 5.11 Å². The molecule has 0 spiro atoms. The van der Waals surface area contributed by atoms with Crippen molar-refractivity contribution in [2.45, 2.75) is 51.2 Å². The van der Waals surface area contributed by atoms with Gasteiger partial charge in [0, 0.05) is 12.0 Å². The van der Waals surface area contributed by atoms with Crippen molar-refractivity contribution in [1.29, 1.82) is 0 Å². The van der Waals surface area contributed by atoms with Gasteiger partial charge in [-0.3, -0.25) is 0 Å². The number of unbranched alkanes of at least 4 members (excludes halogenated alkanes) is 1. The van der Waals surface area contributed by atoms with Crippen LogP contribution in [-0.2, 0) is 13.2 Å². The predicted octanol–water partition coefficient (Wildman–Crippen LogP) is 5.92. The largest absolute Gasteiger partial charge is 0.491 e. The molecule has 7 heteroatoms. The molecular weight excluding hydrogens is 543 g/mol. The fraction of sp³-hybridized carbons (Fsp3) is 0.520. The highest BCUT2D eigenvalue weighted by Crippen LogP contribution is 2.33. The molecule has 32 heavy (non-hydrogen) atoms. The molecule has 1 N–H and O–H groups in total. The van der Waals surface area contributed by atoms with Crippen molar-refractivity contribution in [2.75, 3.05) is 32.3 Å². The van der Waals surface area contributed by atoms with E-state index >= 15 is 0 Å². The smallest absolute Gasteiger partial charge is 0.127 e. The van der Waals surface area contributed by atoms with E-state index in [-0.39, 0.29) is 24.0 Å². The number of halogens is 2. The molecule has 2 rings (SSSR count). The van der Waals surface area contributed by atoms with Crippen molar-refractivity contribution in [3.8, 4) is 11.5 Å². The van der Waals surface area contributed by atoms with Crippen LogP contribution in [0.2, 0.25) is 0 Å². The van der Waals surface area contributed by atoms with Gasteiger partial charge in [-0.2, -0.15) is 0 Å².